The number of pyridine rings is 1. The van der Waals surface area contributed by atoms with E-state index in [1.165, 1.54) is 11.3 Å². The van der Waals surface area contributed by atoms with Crippen LogP contribution < -0.4 is 0 Å². The molecule has 0 amide bonds. The third kappa shape index (κ3) is 2.83. The van der Waals surface area contributed by atoms with E-state index < -0.39 is 8.07 Å². The fourth-order valence-electron chi connectivity index (χ4n) is 2.31. The van der Waals surface area contributed by atoms with Gasteiger partial charge in [-0.1, -0.05) is 56.0 Å². The van der Waals surface area contributed by atoms with Crippen LogP contribution in [0.15, 0.2) is 54.7 Å². The van der Waals surface area contributed by atoms with Gasteiger partial charge in [0, 0.05) is 17.4 Å². The van der Waals surface area contributed by atoms with E-state index in [0.717, 1.165) is 0 Å². The Morgan fingerprint density at radius 2 is 1.53 bits per heavy atom. The smallest absolute Gasteiger partial charge is 0.0593 e. The maximum Gasteiger partial charge on any atom is 0.0593 e. The van der Waals surface area contributed by atoms with Gasteiger partial charge in [-0.25, -0.2) is 0 Å². The molecule has 0 N–H and O–H groups in total. The van der Waals surface area contributed by atoms with Crippen LogP contribution in [0.4, 0.5) is 0 Å². The summed E-state index contributed by atoms with van der Waals surface area (Å²) >= 11 is 0. The van der Waals surface area contributed by atoms with Crippen molar-refractivity contribution in [3.05, 3.63) is 66.0 Å². The third-order valence-electron chi connectivity index (χ3n) is 2.98. The van der Waals surface area contributed by atoms with Crippen molar-refractivity contribution in [1.82, 2.24) is 4.98 Å². The Labute approximate surface area is 105 Å². The summed E-state index contributed by atoms with van der Waals surface area (Å²) in [7, 11) is -1.33. The van der Waals surface area contributed by atoms with Crippen molar-refractivity contribution in [3.8, 4) is 0 Å². The maximum absolute atomic E-state index is 4.56. The molecule has 2 aromatic rings. The average molecular weight is 241 g/mol. The lowest BCUT2D eigenvalue weighted by Gasteiger charge is -2.29. The van der Waals surface area contributed by atoms with Crippen LogP contribution in [0.2, 0.25) is 19.6 Å². The predicted molar refractivity (Wildman–Crippen MR) is 75.9 cm³/mol. The summed E-state index contributed by atoms with van der Waals surface area (Å²) in [6.45, 7) is 7.21. The fourth-order valence-corrected chi connectivity index (χ4v) is 4.56. The van der Waals surface area contributed by atoms with Crippen LogP contribution in [-0.2, 0) is 0 Å². The second-order valence-corrected chi connectivity index (χ2v) is 10.8. The van der Waals surface area contributed by atoms with Gasteiger partial charge in [-0.15, -0.1) is 0 Å². The van der Waals surface area contributed by atoms with Crippen LogP contribution in [0.5, 0.6) is 0 Å². The van der Waals surface area contributed by atoms with E-state index in [9.17, 15) is 0 Å². The van der Waals surface area contributed by atoms with Crippen molar-refractivity contribution in [2.24, 2.45) is 0 Å². The van der Waals surface area contributed by atoms with Crippen molar-refractivity contribution in [3.63, 3.8) is 0 Å². The molecule has 0 radical (unpaired) electrons. The number of rotatable bonds is 3. The van der Waals surface area contributed by atoms with Gasteiger partial charge in [0.2, 0.25) is 0 Å². The number of hydrogen-bond acceptors (Lipinski definition) is 1. The Morgan fingerprint density at radius 3 is 2.06 bits per heavy atom. The lowest BCUT2D eigenvalue weighted by molar-refractivity contribution is 0.993. The molecule has 0 saturated carbocycles. The molecule has 0 spiro atoms. The zero-order valence-corrected chi connectivity index (χ0v) is 11.7. The van der Waals surface area contributed by atoms with E-state index in [2.05, 4.69) is 67.1 Å². The molecule has 0 saturated heterocycles. The highest BCUT2D eigenvalue weighted by Crippen LogP contribution is 2.32. The average Bonchev–Trinajstić information content (AvgIpc) is 2.30. The molecule has 1 aromatic carbocycles. The van der Waals surface area contributed by atoms with Crippen LogP contribution in [0.25, 0.3) is 0 Å². The molecule has 2 heteroatoms. The quantitative estimate of drug-likeness (QED) is 0.738. The van der Waals surface area contributed by atoms with Gasteiger partial charge in [0.25, 0.3) is 0 Å². The number of hydrogen-bond donors (Lipinski definition) is 0. The Hall–Kier alpha value is -1.41. The molecule has 0 aliphatic carbocycles. The first-order valence-corrected chi connectivity index (χ1v) is 9.62. The molecular formula is C15H19NSi. The number of nitrogens with zero attached hydrogens (tertiary/aromatic N) is 1. The first-order chi connectivity index (χ1) is 8.09. The van der Waals surface area contributed by atoms with Crippen molar-refractivity contribution < 1.29 is 0 Å². The van der Waals surface area contributed by atoms with Crippen LogP contribution in [-0.4, -0.2) is 13.1 Å². The Balaban J connectivity index is 2.48. The Morgan fingerprint density at radius 1 is 0.882 bits per heavy atom. The van der Waals surface area contributed by atoms with Gasteiger partial charge in [-0.3, -0.25) is 4.98 Å². The molecule has 1 nitrogen and oxygen atoms in total. The normalized spacial score (nSPS) is 13.4. The minimum absolute atomic E-state index is 0.477. The summed E-state index contributed by atoms with van der Waals surface area (Å²) in [5.41, 5.74) is 3.08. The van der Waals surface area contributed by atoms with Crippen molar-refractivity contribution in [2.45, 2.75) is 25.2 Å². The molecule has 0 aliphatic rings. The van der Waals surface area contributed by atoms with Crippen molar-refractivity contribution in [2.75, 3.05) is 0 Å². The summed E-state index contributed by atoms with van der Waals surface area (Å²) < 4.78 is 0. The SMILES string of the molecule is C[Si](C)(C)C(c1ccccc1)c1ccccn1. The lowest BCUT2D eigenvalue weighted by atomic mass is 10.1. The lowest BCUT2D eigenvalue weighted by Crippen LogP contribution is -2.32. The van der Waals surface area contributed by atoms with E-state index in [1.807, 2.05) is 12.3 Å². The van der Waals surface area contributed by atoms with Crippen molar-refractivity contribution in [1.29, 1.82) is 0 Å². The van der Waals surface area contributed by atoms with E-state index in [1.54, 1.807) is 0 Å². The van der Waals surface area contributed by atoms with Gasteiger partial charge in [0.05, 0.1) is 8.07 Å². The highest BCUT2D eigenvalue weighted by Gasteiger charge is 2.30. The molecule has 1 aromatic heterocycles. The van der Waals surface area contributed by atoms with Crippen molar-refractivity contribution >= 4 is 8.07 Å². The second-order valence-electron chi connectivity index (χ2n) is 5.46. The zero-order valence-electron chi connectivity index (χ0n) is 10.7. The second kappa shape index (κ2) is 4.84. The molecular weight excluding hydrogens is 222 g/mol. The largest absolute Gasteiger partial charge is 0.261 e. The third-order valence-corrected chi connectivity index (χ3v) is 5.34. The van der Waals surface area contributed by atoms with Gasteiger partial charge >= 0.3 is 0 Å². The molecule has 1 unspecified atom stereocenters. The molecule has 0 fully saturated rings. The Kier molecular flexibility index (Phi) is 3.43. The molecule has 1 heterocycles. The fraction of sp³-hybridized carbons (Fsp3) is 0.267. The molecule has 0 aliphatic heterocycles. The first-order valence-electron chi connectivity index (χ1n) is 6.05. The maximum atomic E-state index is 4.56. The van der Waals surface area contributed by atoms with Gasteiger partial charge in [0.1, 0.15) is 0 Å². The molecule has 2 rings (SSSR count). The molecule has 1 atom stereocenters. The van der Waals surface area contributed by atoms with Crippen LogP contribution >= 0.6 is 0 Å². The standard InChI is InChI=1S/C15H19NSi/c1-17(2,3)15(13-9-5-4-6-10-13)14-11-7-8-12-16-14/h4-12,15H,1-3H3. The summed E-state index contributed by atoms with van der Waals surface area (Å²) in [4.78, 5) is 4.56. The minimum Gasteiger partial charge on any atom is -0.261 e. The number of aromatic nitrogens is 1. The number of benzene rings is 1. The van der Waals surface area contributed by atoms with Gasteiger partial charge in [-0.2, -0.15) is 0 Å². The molecule has 0 bridgehead atoms. The summed E-state index contributed by atoms with van der Waals surface area (Å²) in [6, 6.07) is 17.0. The zero-order chi connectivity index (χ0) is 12.3. The summed E-state index contributed by atoms with van der Waals surface area (Å²) in [5, 5.41) is 0. The van der Waals surface area contributed by atoms with E-state index in [4.69, 9.17) is 0 Å². The monoisotopic (exact) mass is 241 g/mol. The van der Waals surface area contributed by atoms with E-state index in [-0.39, 0.29) is 0 Å². The van der Waals surface area contributed by atoms with Crippen LogP contribution in [0.3, 0.4) is 0 Å². The van der Waals surface area contributed by atoms with Gasteiger partial charge in [-0.05, 0) is 17.7 Å². The predicted octanol–water partition coefficient (Wildman–Crippen LogP) is 4.09. The minimum atomic E-state index is -1.33. The van der Waals surface area contributed by atoms with Gasteiger partial charge < -0.3 is 0 Å². The van der Waals surface area contributed by atoms with E-state index >= 15 is 0 Å². The Bertz CT molecular complexity index is 420. The summed E-state index contributed by atoms with van der Waals surface area (Å²) in [6.07, 6.45) is 1.89. The molecule has 17 heavy (non-hydrogen) atoms. The highest BCUT2D eigenvalue weighted by molar-refractivity contribution is 6.78. The van der Waals surface area contributed by atoms with Crippen LogP contribution in [0, 0.1) is 0 Å². The van der Waals surface area contributed by atoms with E-state index in [0.29, 0.717) is 5.54 Å². The summed E-state index contributed by atoms with van der Waals surface area (Å²) in [5.74, 6) is 0. The molecule has 88 valence electrons. The first kappa shape index (κ1) is 12.1. The highest BCUT2D eigenvalue weighted by atomic mass is 28.3. The van der Waals surface area contributed by atoms with Crippen LogP contribution in [0.1, 0.15) is 16.8 Å². The topological polar surface area (TPSA) is 12.9 Å². The van der Waals surface area contributed by atoms with Gasteiger partial charge in [0.15, 0.2) is 0 Å².